The number of rotatable bonds is 2. The zero-order valence-corrected chi connectivity index (χ0v) is 16.1. The van der Waals surface area contributed by atoms with Crippen molar-refractivity contribution < 1.29 is 9.59 Å². The molecule has 1 aliphatic heterocycles. The van der Waals surface area contributed by atoms with Crippen molar-refractivity contribution in [3.05, 3.63) is 58.9 Å². The molecule has 0 N–H and O–H groups in total. The van der Waals surface area contributed by atoms with Crippen molar-refractivity contribution in [2.75, 3.05) is 11.4 Å². The van der Waals surface area contributed by atoms with Crippen molar-refractivity contribution in [1.82, 2.24) is 9.55 Å². The number of carbonyl (C=O) groups excluding carboxylic acids is 2. The minimum Gasteiger partial charge on any atom is -0.312 e. The molecule has 1 fully saturated rings. The lowest BCUT2D eigenvalue weighted by atomic mass is 10.1. The van der Waals surface area contributed by atoms with Crippen LogP contribution < -0.4 is 4.90 Å². The third-order valence-electron chi connectivity index (χ3n) is 5.68. The molecule has 1 saturated heterocycles. The third kappa shape index (κ3) is 2.93. The van der Waals surface area contributed by atoms with Crippen LogP contribution in [0.25, 0.3) is 11.0 Å². The van der Waals surface area contributed by atoms with Gasteiger partial charge in [-0.25, -0.2) is 4.98 Å². The van der Waals surface area contributed by atoms with Crippen LogP contribution >= 0.6 is 0 Å². The van der Waals surface area contributed by atoms with Crippen molar-refractivity contribution >= 4 is 28.5 Å². The second-order valence-corrected chi connectivity index (χ2v) is 7.55. The molecule has 5 nitrogen and oxygen atoms in total. The zero-order valence-electron chi connectivity index (χ0n) is 16.1. The molecule has 1 aromatic heterocycles. The summed E-state index contributed by atoms with van der Waals surface area (Å²) in [5.74, 6) is -0.438. The van der Waals surface area contributed by atoms with Gasteiger partial charge in [0.2, 0.25) is 11.8 Å². The number of nitrogens with zero attached hydrogens (tertiary/aromatic N) is 3. The lowest BCUT2D eigenvalue weighted by Gasteiger charge is -2.18. The van der Waals surface area contributed by atoms with E-state index >= 15 is 0 Å². The molecule has 1 atom stereocenters. The number of hydrogen-bond donors (Lipinski definition) is 0. The van der Waals surface area contributed by atoms with Crippen LogP contribution in [0, 0.1) is 33.6 Å². The van der Waals surface area contributed by atoms with Crippen LogP contribution in [0.4, 0.5) is 5.69 Å². The van der Waals surface area contributed by atoms with E-state index in [-0.39, 0.29) is 24.2 Å². The van der Waals surface area contributed by atoms with Crippen LogP contribution in [-0.2, 0) is 4.79 Å². The number of anilines is 1. The molecule has 2 heterocycles. The standard InChI is InChI=1S/C22H23N3O2/c1-13-5-6-18(7-14(13)2)24-11-17(10-21(24)26)22(27)25-12-23-19-8-15(3)16(4)9-20(19)25/h5-9,12,17H,10-11H2,1-4H3/t17-/m0/s1. The molecule has 0 bridgehead atoms. The van der Waals surface area contributed by atoms with Crippen molar-refractivity contribution in [3.8, 4) is 0 Å². The summed E-state index contributed by atoms with van der Waals surface area (Å²) in [5, 5.41) is 0. The number of aromatic nitrogens is 2. The Morgan fingerprint density at radius 3 is 2.44 bits per heavy atom. The molecule has 0 aliphatic carbocycles. The van der Waals surface area contributed by atoms with Crippen molar-refractivity contribution in [3.63, 3.8) is 0 Å². The molecular weight excluding hydrogens is 338 g/mol. The first-order valence-electron chi connectivity index (χ1n) is 9.21. The van der Waals surface area contributed by atoms with Gasteiger partial charge in [-0.1, -0.05) is 6.07 Å². The normalized spacial score (nSPS) is 17.1. The van der Waals surface area contributed by atoms with Crippen LogP contribution in [0.15, 0.2) is 36.7 Å². The first kappa shape index (κ1) is 17.5. The average Bonchev–Trinajstić information content (AvgIpc) is 3.21. The molecule has 1 amide bonds. The fourth-order valence-corrected chi connectivity index (χ4v) is 3.65. The Morgan fingerprint density at radius 2 is 1.70 bits per heavy atom. The maximum Gasteiger partial charge on any atom is 0.237 e. The maximum atomic E-state index is 13.1. The summed E-state index contributed by atoms with van der Waals surface area (Å²) < 4.78 is 1.60. The Labute approximate surface area is 158 Å². The SMILES string of the molecule is Cc1ccc(N2C[C@@H](C(=O)n3cnc4cc(C)c(C)cc43)CC2=O)cc1C. The summed E-state index contributed by atoms with van der Waals surface area (Å²) in [4.78, 5) is 31.8. The molecule has 0 spiro atoms. The van der Waals surface area contributed by atoms with Gasteiger partial charge >= 0.3 is 0 Å². The van der Waals surface area contributed by atoms with Crippen LogP contribution in [0.3, 0.4) is 0 Å². The molecule has 4 rings (SSSR count). The van der Waals surface area contributed by atoms with Gasteiger partial charge in [0.1, 0.15) is 6.33 Å². The Morgan fingerprint density at radius 1 is 1.00 bits per heavy atom. The van der Waals surface area contributed by atoms with Gasteiger partial charge in [-0.15, -0.1) is 0 Å². The van der Waals surface area contributed by atoms with Gasteiger partial charge in [0.05, 0.1) is 17.0 Å². The van der Waals surface area contributed by atoms with Crippen LogP contribution in [-0.4, -0.2) is 27.9 Å². The predicted octanol–water partition coefficient (Wildman–Crippen LogP) is 3.96. The first-order valence-corrected chi connectivity index (χ1v) is 9.21. The van der Waals surface area contributed by atoms with Crippen molar-refractivity contribution in [2.45, 2.75) is 34.1 Å². The summed E-state index contributed by atoms with van der Waals surface area (Å²) >= 11 is 0. The van der Waals surface area contributed by atoms with Crippen molar-refractivity contribution in [1.29, 1.82) is 0 Å². The molecule has 3 aromatic rings. The van der Waals surface area contributed by atoms with Crippen LogP contribution in [0.1, 0.15) is 33.5 Å². The third-order valence-corrected chi connectivity index (χ3v) is 5.68. The summed E-state index contributed by atoms with van der Waals surface area (Å²) in [6.45, 7) is 8.55. The van der Waals surface area contributed by atoms with E-state index in [9.17, 15) is 9.59 Å². The van der Waals surface area contributed by atoms with Gasteiger partial charge in [0.15, 0.2) is 0 Å². The number of fused-ring (bicyclic) bond motifs is 1. The summed E-state index contributed by atoms with van der Waals surface area (Å²) in [6.07, 6.45) is 1.81. The van der Waals surface area contributed by atoms with Gasteiger partial charge in [0, 0.05) is 18.7 Å². The smallest absolute Gasteiger partial charge is 0.237 e. The monoisotopic (exact) mass is 361 g/mol. The van der Waals surface area contributed by atoms with Gasteiger partial charge < -0.3 is 4.90 Å². The van der Waals surface area contributed by atoms with Gasteiger partial charge in [-0.05, 0) is 74.2 Å². The fraction of sp³-hybridized carbons (Fsp3) is 0.318. The molecule has 27 heavy (non-hydrogen) atoms. The summed E-state index contributed by atoms with van der Waals surface area (Å²) in [7, 11) is 0. The van der Waals surface area contributed by atoms with Gasteiger partial charge in [0.25, 0.3) is 0 Å². The second kappa shape index (κ2) is 6.34. The highest BCUT2D eigenvalue weighted by atomic mass is 16.2. The number of benzene rings is 2. The predicted molar refractivity (Wildman–Crippen MR) is 106 cm³/mol. The van der Waals surface area contributed by atoms with E-state index < -0.39 is 0 Å². The fourth-order valence-electron chi connectivity index (χ4n) is 3.65. The molecular formula is C22H23N3O2. The van der Waals surface area contributed by atoms with E-state index in [1.807, 2.05) is 58.0 Å². The molecule has 0 unspecified atom stereocenters. The first-order chi connectivity index (χ1) is 12.8. The molecule has 1 aliphatic rings. The lowest BCUT2D eigenvalue weighted by molar-refractivity contribution is -0.117. The minimum absolute atomic E-state index is 0.00644. The van der Waals surface area contributed by atoms with E-state index in [1.165, 1.54) is 5.56 Å². The molecule has 5 heteroatoms. The number of aryl methyl sites for hydroxylation is 4. The van der Waals surface area contributed by atoms with Gasteiger partial charge in [-0.3, -0.25) is 14.2 Å². The highest BCUT2D eigenvalue weighted by Crippen LogP contribution is 2.29. The highest BCUT2D eigenvalue weighted by molar-refractivity contribution is 6.02. The second-order valence-electron chi connectivity index (χ2n) is 7.55. The van der Waals surface area contributed by atoms with Crippen LogP contribution in [0.2, 0.25) is 0 Å². The van der Waals surface area contributed by atoms with Crippen molar-refractivity contribution in [2.24, 2.45) is 5.92 Å². The Kier molecular flexibility index (Phi) is 4.10. The average molecular weight is 361 g/mol. The maximum absolute atomic E-state index is 13.1. The van der Waals surface area contributed by atoms with Gasteiger partial charge in [-0.2, -0.15) is 0 Å². The minimum atomic E-state index is -0.363. The number of imidazole rings is 1. The molecule has 0 radical (unpaired) electrons. The van der Waals surface area contributed by atoms with Crippen LogP contribution in [0.5, 0.6) is 0 Å². The largest absolute Gasteiger partial charge is 0.312 e. The number of carbonyl (C=O) groups is 2. The van der Waals surface area contributed by atoms with E-state index in [1.54, 1.807) is 15.8 Å². The van der Waals surface area contributed by atoms with E-state index in [0.29, 0.717) is 6.54 Å². The molecule has 138 valence electrons. The highest BCUT2D eigenvalue weighted by Gasteiger charge is 2.36. The Hall–Kier alpha value is -2.95. The summed E-state index contributed by atoms with van der Waals surface area (Å²) in [6, 6.07) is 9.97. The van der Waals surface area contributed by atoms with E-state index in [0.717, 1.165) is 33.4 Å². The number of amides is 1. The Balaban J connectivity index is 1.63. The lowest BCUT2D eigenvalue weighted by Crippen LogP contribution is -2.27. The summed E-state index contributed by atoms with van der Waals surface area (Å²) in [5.41, 5.74) is 7.07. The topological polar surface area (TPSA) is 55.2 Å². The van der Waals surface area contributed by atoms with E-state index in [4.69, 9.17) is 0 Å². The van der Waals surface area contributed by atoms with E-state index in [2.05, 4.69) is 4.98 Å². The zero-order chi connectivity index (χ0) is 19.3. The molecule has 0 saturated carbocycles. The number of hydrogen-bond acceptors (Lipinski definition) is 3. The molecule has 2 aromatic carbocycles. The Bertz CT molecular complexity index is 1080. The quantitative estimate of drug-likeness (QED) is 0.694.